The predicted molar refractivity (Wildman–Crippen MR) is 109 cm³/mol. The van der Waals surface area contributed by atoms with Crippen molar-refractivity contribution in [2.75, 3.05) is 37.6 Å². The third-order valence-corrected chi connectivity index (χ3v) is 6.38. The van der Waals surface area contributed by atoms with Gasteiger partial charge in [-0.2, -0.15) is 0 Å². The van der Waals surface area contributed by atoms with Gasteiger partial charge in [-0.15, -0.1) is 5.10 Å². The smallest absolute Gasteiger partial charge is 0.214 e. The van der Waals surface area contributed by atoms with Crippen molar-refractivity contribution >= 4 is 33.0 Å². The minimum absolute atomic E-state index is 0.732. The van der Waals surface area contributed by atoms with E-state index >= 15 is 0 Å². The van der Waals surface area contributed by atoms with Crippen LogP contribution < -0.4 is 4.90 Å². The number of fused-ring (bicyclic) bond motifs is 1. The van der Waals surface area contributed by atoms with Crippen molar-refractivity contribution in [3.05, 3.63) is 35.5 Å². The van der Waals surface area contributed by atoms with Crippen LogP contribution in [-0.4, -0.2) is 52.2 Å². The summed E-state index contributed by atoms with van der Waals surface area (Å²) in [6.07, 6.45) is 3.25. The number of hydrogen-bond donors (Lipinski definition) is 0. The fraction of sp³-hybridized carbons (Fsp3) is 0.474. The Hall–Kier alpha value is -1.63. The van der Waals surface area contributed by atoms with Gasteiger partial charge in [0.2, 0.25) is 10.1 Å². The van der Waals surface area contributed by atoms with E-state index in [2.05, 4.69) is 23.6 Å². The van der Waals surface area contributed by atoms with E-state index in [9.17, 15) is 0 Å². The molecule has 1 aliphatic heterocycles. The number of imidazole rings is 1. The maximum atomic E-state index is 5.97. The predicted octanol–water partition coefficient (Wildman–Crippen LogP) is 4.28. The molecule has 0 aliphatic carbocycles. The lowest BCUT2D eigenvalue weighted by Crippen LogP contribution is -2.31. The average molecular weight is 390 g/mol. The molecule has 0 N–H and O–H groups in total. The Balaban J connectivity index is 1.47. The van der Waals surface area contributed by atoms with Crippen molar-refractivity contribution < 1.29 is 0 Å². The summed E-state index contributed by atoms with van der Waals surface area (Å²) in [5, 5.41) is 6.59. The van der Waals surface area contributed by atoms with Crippen LogP contribution in [0.5, 0.6) is 0 Å². The van der Waals surface area contributed by atoms with Crippen molar-refractivity contribution in [2.24, 2.45) is 5.92 Å². The number of nitrogens with zero attached hydrogens (tertiary/aromatic N) is 5. The van der Waals surface area contributed by atoms with Gasteiger partial charge in [0, 0.05) is 30.2 Å². The fourth-order valence-corrected chi connectivity index (χ4v) is 4.62. The molecule has 1 fully saturated rings. The maximum absolute atomic E-state index is 5.97. The van der Waals surface area contributed by atoms with Crippen LogP contribution in [0.25, 0.3) is 16.2 Å². The molecule has 26 heavy (non-hydrogen) atoms. The highest BCUT2D eigenvalue weighted by atomic mass is 35.5. The van der Waals surface area contributed by atoms with Crippen LogP contribution in [0.4, 0.5) is 5.13 Å². The monoisotopic (exact) mass is 389 g/mol. The zero-order valence-electron chi connectivity index (χ0n) is 15.2. The van der Waals surface area contributed by atoms with Gasteiger partial charge in [0.25, 0.3) is 0 Å². The molecule has 4 rings (SSSR count). The average Bonchev–Trinajstić information content (AvgIpc) is 3.34. The molecule has 0 radical (unpaired) electrons. The molecular formula is C19H24ClN5S. The minimum atomic E-state index is 0.732. The third-order valence-electron chi connectivity index (χ3n) is 5.14. The number of rotatable bonds is 6. The summed E-state index contributed by atoms with van der Waals surface area (Å²) in [4.78, 5) is 10.6. The molecule has 3 aromatic rings. The Bertz CT molecular complexity index is 836. The molecule has 5 nitrogen and oxygen atoms in total. The highest BCUT2D eigenvalue weighted by Crippen LogP contribution is 2.30. The molecule has 2 aromatic heterocycles. The fourth-order valence-electron chi connectivity index (χ4n) is 3.58. The van der Waals surface area contributed by atoms with Crippen molar-refractivity contribution in [3.63, 3.8) is 0 Å². The molecular weight excluding hydrogens is 366 g/mol. The molecule has 1 aromatic carbocycles. The molecule has 1 unspecified atom stereocenters. The number of anilines is 1. The summed E-state index contributed by atoms with van der Waals surface area (Å²) >= 11 is 7.64. The summed E-state index contributed by atoms with van der Waals surface area (Å²) in [6, 6.07) is 7.77. The van der Waals surface area contributed by atoms with Crippen LogP contribution >= 0.6 is 22.9 Å². The van der Waals surface area contributed by atoms with Crippen molar-refractivity contribution in [1.29, 1.82) is 0 Å². The Kier molecular flexibility index (Phi) is 5.16. The lowest BCUT2D eigenvalue weighted by molar-refractivity contribution is 0.261. The van der Waals surface area contributed by atoms with Crippen LogP contribution in [0, 0.1) is 5.92 Å². The SMILES string of the molecule is CCN(CC)CC1CCN(c2nn3cc(-c4ccc(Cl)cc4)nc3s2)C1. The number of benzene rings is 1. The first kappa shape index (κ1) is 17.8. The van der Waals surface area contributed by atoms with Crippen LogP contribution in [-0.2, 0) is 0 Å². The Morgan fingerprint density at radius 2 is 2.00 bits per heavy atom. The van der Waals surface area contributed by atoms with Gasteiger partial charge in [-0.05, 0) is 37.6 Å². The molecule has 3 heterocycles. The van der Waals surface area contributed by atoms with E-state index < -0.39 is 0 Å². The Labute approximate surface area is 163 Å². The summed E-state index contributed by atoms with van der Waals surface area (Å²) in [5.74, 6) is 0.732. The van der Waals surface area contributed by atoms with E-state index in [0.717, 1.165) is 58.5 Å². The summed E-state index contributed by atoms with van der Waals surface area (Å²) in [7, 11) is 0. The van der Waals surface area contributed by atoms with E-state index in [4.69, 9.17) is 21.7 Å². The second kappa shape index (κ2) is 7.55. The van der Waals surface area contributed by atoms with E-state index in [0.29, 0.717) is 0 Å². The van der Waals surface area contributed by atoms with Gasteiger partial charge in [-0.25, -0.2) is 9.50 Å². The highest BCUT2D eigenvalue weighted by Gasteiger charge is 2.26. The largest absolute Gasteiger partial charge is 0.346 e. The van der Waals surface area contributed by atoms with E-state index in [1.165, 1.54) is 13.0 Å². The standard InChI is InChI=1S/C19H24ClN5S/c1-3-23(4-2)11-14-9-10-24(12-14)19-22-25-13-17(21-18(25)26-19)15-5-7-16(20)8-6-15/h5-8,13-14H,3-4,9-12H2,1-2H3. The first-order valence-electron chi connectivity index (χ1n) is 9.25. The second-order valence-corrected chi connectivity index (χ2v) is 8.20. The van der Waals surface area contributed by atoms with Crippen molar-refractivity contribution in [3.8, 4) is 11.3 Å². The van der Waals surface area contributed by atoms with Crippen LogP contribution in [0.15, 0.2) is 30.5 Å². The molecule has 138 valence electrons. The topological polar surface area (TPSA) is 36.7 Å². The van der Waals surface area contributed by atoms with Gasteiger partial charge in [0.1, 0.15) is 0 Å². The number of aromatic nitrogens is 3. The van der Waals surface area contributed by atoms with E-state index in [1.807, 2.05) is 35.0 Å². The van der Waals surface area contributed by atoms with Gasteiger partial charge < -0.3 is 9.80 Å². The molecule has 0 saturated carbocycles. The molecule has 0 amide bonds. The summed E-state index contributed by atoms with van der Waals surface area (Å²) < 4.78 is 1.90. The lowest BCUT2D eigenvalue weighted by atomic mass is 10.1. The van der Waals surface area contributed by atoms with Gasteiger partial charge in [-0.3, -0.25) is 0 Å². The van der Waals surface area contributed by atoms with Gasteiger partial charge in [0.15, 0.2) is 0 Å². The maximum Gasteiger partial charge on any atom is 0.214 e. The van der Waals surface area contributed by atoms with Crippen molar-refractivity contribution in [2.45, 2.75) is 20.3 Å². The molecule has 0 spiro atoms. The first-order chi connectivity index (χ1) is 12.7. The zero-order chi connectivity index (χ0) is 18.1. The first-order valence-corrected chi connectivity index (χ1v) is 10.4. The quantitative estimate of drug-likeness (QED) is 0.630. The summed E-state index contributed by atoms with van der Waals surface area (Å²) in [5.41, 5.74) is 2.00. The molecule has 1 saturated heterocycles. The van der Waals surface area contributed by atoms with E-state index in [-0.39, 0.29) is 0 Å². The van der Waals surface area contributed by atoms with Gasteiger partial charge in [-0.1, -0.05) is 48.9 Å². The minimum Gasteiger partial charge on any atom is -0.346 e. The highest BCUT2D eigenvalue weighted by molar-refractivity contribution is 7.20. The molecule has 1 aliphatic rings. The summed E-state index contributed by atoms with van der Waals surface area (Å²) in [6.45, 7) is 10.1. The lowest BCUT2D eigenvalue weighted by Gasteiger charge is -2.22. The number of hydrogen-bond acceptors (Lipinski definition) is 5. The van der Waals surface area contributed by atoms with Gasteiger partial charge >= 0.3 is 0 Å². The van der Waals surface area contributed by atoms with Crippen LogP contribution in [0.1, 0.15) is 20.3 Å². The molecule has 7 heteroatoms. The number of halogens is 1. The van der Waals surface area contributed by atoms with E-state index in [1.54, 1.807) is 11.3 Å². The Morgan fingerprint density at radius 3 is 2.69 bits per heavy atom. The van der Waals surface area contributed by atoms with Crippen molar-refractivity contribution in [1.82, 2.24) is 19.5 Å². The molecule has 0 bridgehead atoms. The van der Waals surface area contributed by atoms with Crippen LogP contribution in [0.3, 0.4) is 0 Å². The normalized spacial score (nSPS) is 17.7. The Morgan fingerprint density at radius 1 is 1.23 bits per heavy atom. The molecule has 1 atom stereocenters. The zero-order valence-corrected chi connectivity index (χ0v) is 16.8. The van der Waals surface area contributed by atoms with Crippen LogP contribution in [0.2, 0.25) is 5.02 Å². The third kappa shape index (κ3) is 3.59. The second-order valence-electron chi connectivity index (χ2n) is 6.83. The van der Waals surface area contributed by atoms with Gasteiger partial charge in [0.05, 0.1) is 11.9 Å².